The average molecular weight is 325 g/mol. The van der Waals surface area contributed by atoms with E-state index in [9.17, 15) is 9.59 Å². The van der Waals surface area contributed by atoms with Gasteiger partial charge in [-0.1, -0.05) is 11.6 Å². The molecule has 2 amide bonds. The molecule has 2 heterocycles. The van der Waals surface area contributed by atoms with Crippen molar-refractivity contribution in [2.24, 2.45) is 13.0 Å². The molecule has 1 aromatic heterocycles. The SMILES string of the molecule is CNC(=O)C1CCN(C(=O)/C=C\c2c(C)nn(C)c2Cl)CC1. The Labute approximate surface area is 135 Å². The number of piperidine rings is 1. The third-order valence-corrected chi connectivity index (χ3v) is 4.46. The zero-order valence-corrected chi connectivity index (χ0v) is 13.9. The summed E-state index contributed by atoms with van der Waals surface area (Å²) < 4.78 is 1.58. The molecule has 1 aliphatic heterocycles. The summed E-state index contributed by atoms with van der Waals surface area (Å²) >= 11 is 6.13. The number of halogens is 1. The highest BCUT2D eigenvalue weighted by Gasteiger charge is 2.25. The van der Waals surface area contributed by atoms with Gasteiger partial charge in [0, 0.05) is 44.7 Å². The van der Waals surface area contributed by atoms with Gasteiger partial charge in [0.05, 0.1) is 5.69 Å². The van der Waals surface area contributed by atoms with E-state index in [1.165, 1.54) is 6.08 Å². The van der Waals surface area contributed by atoms with E-state index >= 15 is 0 Å². The molecule has 0 unspecified atom stereocenters. The molecule has 6 nitrogen and oxygen atoms in total. The number of rotatable bonds is 3. The number of nitrogens with one attached hydrogen (secondary N) is 1. The Morgan fingerprint density at radius 2 is 2.00 bits per heavy atom. The fourth-order valence-electron chi connectivity index (χ4n) is 2.66. The van der Waals surface area contributed by atoms with Crippen molar-refractivity contribution in [1.29, 1.82) is 0 Å². The van der Waals surface area contributed by atoms with Gasteiger partial charge in [0.25, 0.3) is 0 Å². The summed E-state index contributed by atoms with van der Waals surface area (Å²) in [5.74, 6) is 0.00289. The minimum absolute atomic E-state index is 0.00745. The number of hydrogen-bond acceptors (Lipinski definition) is 3. The fourth-order valence-corrected chi connectivity index (χ4v) is 2.90. The maximum Gasteiger partial charge on any atom is 0.246 e. The van der Waals surface area contributed by atoms with Crippen molar-refractivity contribution in [3.63, 3.8) is 0 Å². The van der Waals surface area contributed by atoms with Crippen molar-refractivity contribution in [2.75, 3.05) is 20.1 Å². The molecule has 0 aromatic carbocycles. The molecule has 7 heteroatoms. The van der Waals surface area contributed by atoms with Crippen LogP contribution in [0.15, 0.2) is 6.08 Å². The number of likely N-dealkylation sites (tertiary alicyclic amines) is 1. The minimum Gasteiger partial charge on any atom is -0.359 e. The van der Waals surface area contributed by atoms with E-state index in [4.69, 9.17) is 11.6 Å². The van der Waals surface area contributed by atoms with Crippen molar-refractivity contribution in [3.05, 3.63) is 22.5 Å². The van der Waals surface area contributed by atoms with Gasteiger partial charge >= 0.3 is 0 Å². The monoisotopic (exact) mass is 324 g/mol. The zero-order valence-electron chi connectivity index (χ0n) is 13.1. The van der Waals surface area contributed by atoms with E-state index in [0.717, 1.165) is 11.3 Å². The van der Waals surface area contributed by atoms with Crippen LogP contribution in [0.1, 0.15) is 24.1 Å². The number of carbonyl (C=O) groups is 2. The van der Waals surface area contributed by atoms with Gasteiger partial charge in [0.15, 0.2) is 0 Å². The molecule has 120 valence electrons. The highest BCUT2D eigenvalue weighted by atomic mass is 35.5. The van der Waals surface area contributed by atoms with Crippen molar-refractivity contribution in [1.82, 2.24) is 20.0 Å². The van der Waals surface area contributed by atoms with Crippen LogP contribution < -0.4 is 5.32 Å². The summed E-state index contributed by atoms with van der Waals surface area (Å²) in [7, 11) is 3.40. The van der Waals surface area contributed by atoms with Crippen LogP contribution in [0, 0.1) is 12.8 Å². The highest BCUT2D eigenvalue weighted by Crippen LogP contribution is 2.21. The highest BCUT2D eigenvalue weighted by molar-refractivity contribution is 6.31. The lowest BCUT2D eigenvalue weighted by molar-refractivity contribution is -0.131. The van der Waals surface area contributed by atoms with Crippen LogP contribution in [0.5, 0.6) is 0 Å². The van der Waals surface area contributed by atoms with Gasteiger partial charge in [-0.2, -0.15) is 5.10 Å². The summed E-state index contributed by atoms with van der Waals surface area (Å²) in [6, 6.07) is 0. The second-order valence-corrected chi connectivity index (χ2v) is 5.82. The lowest BCUT2D eigenvalue weighted by Crippen LogP contribution is -2.41. The number of carbonyl (C=O) groups excluding carboxylic acids is 2. The van der Waals surface area contributed by atoms with E-state index < -0.39 is 0 Å². The van der Waals surface area contributed by atoms with Crippen LogP contribution in [-0.2, 0) is 16.6 Å². The Balaban J connectivity index is 1.96. The van der Waals surface area contributed by atoms with Crippen LogP contribution in [-0.4, -0.2) is 46.6 Å². The zero-order chi connectivity index (χ0) is 16.3. The summed E-state index contributed by atoms with van der Waals surface area (Å²) in [4.78, 5) is 25.6. The van der Waals surface area contributed by atoms with E-state index in [2.05, 4.69) is 10.4 Å². The average Bonchev–Trinajstić information content (AvgIpc) is 2.77. The first-order valence-corrected chi connectivity index (χ1v) is 7.69. The van der Waals surface area contributed by atoms with E-state index in [-0.39, 0.29) is 17.7 Å². The fraction of sp³-hybridized carbons (Fsp3) is 0.533. The number of nitrogens with zero attached hydrogens (tertiary/aromatic N) is 3. The van der Waals surface area contributed by atoms with Crippen molar-refractivity contribution >= 4 is 29.5 Å². The van der Waals surface area contributed by atoms with Crippen LogP contribution in [0.3, 0.4) is 0 Å². The Kier molecular flexibility index (Phi) is 5.24. The van der Waals surface area contributed by atoms with Gasteiger partial charge in [-0.15, -0.1) is 0 Å². The second kappa shape index (κ2) is 6.96. The molecule has 1 N–H and O–H groups in total. The van der Waals surface area contributed by atoms with Crippen LogP contribution in [0.4, 0.5) is 0 Å². The standard InChI is InChI=1S/C15H21ClN4O2/c1-10-12(14(16)19(3)18-10)4-5-13(21)20-8-6-11(7-9-20)15(22)17-2/h4-5,11H,6-9H2,1-3H3,(H,17,22)/b5-4-. The predicted molar refractivity (Wildman–Crippen MR) is 85.4 cm³/mol. The molecule has 1 saturated heterocycles. The molecule has 1 aliphatic rings. The largest absolute Gasteiger partial charge is 0.359 e. The lowest BCUT2D eigenvalue weighted by Gasteiger charge is -2.30. The van der Waals surface area contributed by atoms with Crippen molar-refractivity contribution in [2.45, 2.75) is 19.8 Å². The smallest absolute Gasteiger partial charge is 0.246 e. The van der Waals surface area contributed by atoms with Crippen molar-refractivity contribution in [3.8, 4) is 0 Å². The molecule has 1 aromatic rings. The van der Waals surface area contributed by atoms with Crippen LogP contribution in [0.25, 0.3) is 6.08 Å². The normalized spacial score (nSPS) is 16.3. The van der Waals surface area contributed by atoms with Gasteiger partial charge in [-0.05, 0) is 25.8 Å². The first kappa shape index (κ1) is 16.5. The summed E-state index contributed by atoms with van der Waals surface area (Å²) in [5.41, 5.74) is 1.55. The first-order valence-electron chi connectivity index (χ1n) is 7.31. The van der Waals surface area contributed by atoms with Gasteiger partial charge < -0.3 is 10.2 Å². The molecular formula is C15H21ClN4O2. The molecule has 0 spiro atoms. The van der Waals surface area contributed by atoms with Gasteiger partial charge in [-0.25, -0.2) is 0 Å². The molecule has 0 radical (unpaired) electrons. The van der Waals surface area contributed by atoms with E-state index in [0.29, 0.717) is 31.1 Å². The number of aromatic nitrogens is 2. The van der Waals surface area contributed by atoms with Crippen LogP contribution in [0.2, 0.25) is 5.15 Å². The molecule has 0 bridgehead atoms. The molecule has 2 rings (SSSR count). The number of amides is 2. The Morgan fingerprint density at radius 1 is 1.36 bits per heavy atom. The number of hydrogen-bond donors (Lipinski definition) is 1. The van der Waals surface area contributed by atoms with Crippen molar-refractivity contribution < 1.29 is 9.59 Å². The molecule has 1 fully saturated rings. The lowest BCUT2D eigenvalue weighted by atomic mass is 9.96. The quantitative estimate of drug-likeness (QED) is 0.854. The Bertz CT molecular complexity index is 601. The molecular weight excluding hydrogens is 304 g/mol. The van der Waals surface area contributed by atoms with Gasteiger partial charge in [0.2, 0.25) is 11.8 Å². The summed E-state index contributed by atoms with van der Waals surface area (Å²) in [6.07, 6.45) is 4.63. The second-order valence-electron chi connectivity index (χ2n) is 5.46. The summed E-state index contributed by atoms with van der Waals surface area (Å²) in [5, 5.41) is 7.38. The molecule has 0 aliphatic carbocycles. The number of aryl methyl sites for hydroxylation is 2. The molecule has 0 atom stereocenters. The minimum atomic E-state index is -0.0605. The van der Waals surface area contributed by atoms with Gasteiger partial charge in [-0.3, -0.25) is 14.3 Å². The third-order valence-electron chi connectivity index (χ3n) is 4.01. The van der Waals surface area contributed by atoms with E-state index in [1.807, 2.05) is 6.92 Å². The first-order chi connectivity index (χ1) is 10.4. The molecule has 0 saturated carbocycles. The Hall–Kier alpha value is -1.82. The third kappa shape index (κ3) is 3.50. The van der Waals surface area contributed by atoms with Crippen LogP contribution >= 0.6 is 11.6 Å². The van der Waals surface area contributed by atoms with Gasteiger partial charge in [0.1, 0.15) is 5.15 Å². The maximum atomic E-state index is 12.2. The topological polar surface area (TPSA) is 67.2 Å². The van der Waals surface area contributed by atoms with E-state index in [1.54, 1.807) is 29.8 Å². The summed E-state index contributed by atoms with van der Waals surface area (Å²) in [6.45, 7) is 3.05. The predicted octanol–water partition coefficient (Wildman–Crippen LogP) is 1.38. The molecule has 22 heavy (non-hydrogen) atoms. The Morgan fingerprint density at radius 3 is 2.50 bits per heavy atom. The maximum absolute atomic E-state index is 12.2.